The fourth-order valence-electron chi connectivity index (χ4n) is 3.15. The summed E-state index contributed by atoms with van der Waals surface area (Å²) in [6, 6.07) is 9.84. The van der Waals surface area contributed by atoms with Crippen LogP contribution < -0.4 is 9.47 Å². The molecule has 1 N–H and O–H groups in total. The predicted octanol–water partition coefficient (Wildman–Crippen LogP) is 4.49. The number of carboxylic acid groups (broad SMARTS) is 1. The van der Waals surface area contributed by atoms with Crippen LogP contribution in [0.2, 0.25) is 5.02 Å². The first-order valence-electron chi connectivity index (χ1n) is 8.91. The molecule has 0 aliphatic heterocycles. The van der Waals surface area contributed by atoms with Gasteiger partial charge in [-0.05, 0) is 36.4 Å². The standard InChI is InChI=1S/C21H14ClF2N3O4/c1-30-21-17-18(11-5-7-12(8-6-11)31-10-16(28)29)26-27(19(17)13(22)9-25-21)20-14(23)3-2-4-15(20)24/h2-9H,10H2,1H3,(H,28,29). The van der Waals surface area contributed by atoms with Gasteiger partial charge in [0.05, 0.1) is 23.7 Å². The molecule has 10 heteroatoms. The Balaban J connectivity index is 1.94. The van der Waals surface area contributed by atoms with E-state index in [1.165, 1.54) is 19.4 Å². The van der Waals surface area contributed by atoms with Crippen molar-refractivity contribution < 1.29 is 28.2 Å². The number of hydrogen-bond acceptors (Lipinski definition) is 5. The Morgan fingerprint density at radius 2 is 1.84 bits per heavy atom. The van der Waals surface area contributed by atoms with E-state index in [0.717, 1.165) is 16.8 Å². The molecule has 0 radical (unpaired) electrons. The summed E-state index contributed by atoms with van der Waals surface area (Å²) in [6.07, 6.45) is 1.31. The molecule has 0 unspecified atom stereocenters. The molecule has 0 bridgehead atoms. The largest absolute Gasteiger partial charge is 0.482 e. The lowest BCUT2D eigenvalue weighted by atomic mass is 10.1. The molecular weight excluding hydrogens is 432 g/mol. The SMILES string of the molecule is COc1ncc(Cl)c2c1c(-c1ccc(OCC(=O)O)cc1)nn2-c1c(F)cccc1F. The topological polar surface area (TPSA) is 86.5 Å². The maximum atomic E-state index is 14.5. The summed E-state index contributed by atoms with van der Waals surface area (Å²) in [5.41, 5.74) is 0.689. The molecule has 4 aromatic rings. The molecule has 2 heterocycles. The number of methoxy groups -OCH3 is 1. The molecule has 0 amide bonds. The van der Waals surface area contributed by atoms with Gasteiger partial charge >= 0.3 is 5.97 Å². The van der Waals surface area contributed by atoms with Crippen molar-refractivity contribution in [3.63, 3.8) is 0 Å². The lowest BCUT2D eigenvalue weighted by molar-refractivity contribution is -0.139. The van der Waals surface area contributed by atoms with E-state index in [9.17, 15) is 13.6 Å². The van der Waals surface area contributed by atoms with E-state index in [4.69, 9.17) is 26.2 Å². The van der Waals surface area contributed by atoms with Crippen LogP contribution in [0.5, 0.6) is 11.6 Å². The van der Waals surface area contributed by atoms with Gasteiger partial charge in [-0.1, -0.05) is 17.7 Å². The number of aliphatic carboxylic acids is 1. The minimum absolute atomic E-state index is 0.124. The number of para-hydroxylation sites is 1. The van der Waals surface area contributed by atoms with E-state index in [0.29, 0.717) is 22.4 Å². The first kappa shape index (κ1) is 20.5. The van der Waals surface area contributed by atoms with Crippen molar-refractivity contribution in [1.82, 2.24) is 14.8 Å². The van der Waals surface area contributed by atoms with Crippen LogP contribution in [0.25, 0.3) is 27.8 Å². The van der Waals surface area contributed by atoms with Gasteiger partial charge in [0, 0.05) is 5.56 Å². The molecule has 0 aliphatic rings. The maximum absolute atomic E-state index is 14.5. The van der Waals surface area contributed by atoms with E-state index < -0.39 is 29.9 Å². The minimum Gasteiger partial charge on any atom is -0.482 e. The Labute approximate surface area is 179 Å². The smallest absolute Gasteiger partial charge is 0.341 e. The number of aromatic nitrogens is 3. The Morgan fingerprint density at radius 1 is 1.16 bits per heavy atom. The number of hydrogen-bond donors (Lipinski definition) is 1. The average molecular weight is 446 g/mol. The number of ether oxygens (including phenoxy) is 2. The molecule has 7 nitrogen and oxygen atoms in total. The van der Waals surface area contributed by atoms with E-state index in [1.54, 1.807) is 24.3 Å². The summed E-state index contributed by atoms with van der Waals surface area (Å²) >= 11 is 6.34. The number of fused-ring (bicyclic) bond motifs is 1. The molecule has 0 saturated heterocycles. The number of rotatable bonds is 6. The second-order valence-electron chi connectivity index (χ2n) is 6.38. The molecule has 0 atom stereocenters. The number of nitrogens with zero attached hydrogens (tertiary/aromatic N) is 3. The second-order valence-corrected chi connectivity index (χ2v) is 6.78. The molecule has 0 spiro atoms. The fraction of sp³-hybridized carbons (Fsp3) is 0.0952. The summed E-state index contributed by atoms with van der Waals surface area (Å²) in [6.45, 7) is -0.489. The van der Waals surface area contributed by atoms with E-state index in [2.05, 4.69) is 10.1 Å². The minimum atomic E-state index is -1.11. The summed E-state index contributed by atoms with van der Waals surface area (Å²) in [5.74, 6) is -2.24. The van der Waals surface area contributed by atoms with Crippen LogP contribution in [-0.2, 0) is 4.79 Å². The number of halogens is 3. The third-order valence-electron chi connectivity index (χ3n) is 4.45. The van der Waals surface area contributed by atoms with Gasteiger partial charge in [0.2, 0.25) is 5.88 Å². The lowest BCUT2D eigenvalue weighted by Crippen LogP contribution is -2.09. The monoisotopic (exact) mass is 445 g/mol. The van der Waals surface area contributed by atoms with Crippen LogP contribution in [0.1, 0.15) is 0 Å². The van der Waals surface area contributed by atoms with Gasteiger partial charge < -0.3 is 14.6 Å². The van der Waals surface area contributed by atoms with Crippen LogP contribution in [0.4, 0.5) is 8.78 Å². The highest BCUT2D eigenvalue weighted by atomic mass is 35.5. The van der Waals surface area contributed by atoms with Crippen molar-refractivity contribution in [2.75, 3.05) is 13.7 Å². The fourth-order valence-corrected chi connectivity index (χ4v) is 3.37. The number of benzene rings is 2. The van der Waals surface area contributed by atoms with Crippen molar-refractivity contribution in [2.45, 2.75) is 0 Å². The first-order chi connectivity index (χ1) is 14.9. The van der Waals surface area contributed by atoms with E-state index >= 15 is 0 Å². The van der Waals surface area contributed by atoms with Crippen molar-refractivity contribution in [1.29, 1.82) is 0 Å². The molecule has 0 saturated carbocycles. The normalized spacial score (nSPS) is 11.0. The lowest BCUT2D eigenvalue weighted by Gasteiger charge is -2.08. The van der Waals surface area contributed by atoms with Crippen molar-refractivity contribution in [2.24, 2.45) is 0 Å². The first-order valence-corrected chi connectivity index (χ1v) is 9.29. The Bertz CT molecular complexity index is 1270. The zero-order valence-corrected chi connectivity index (χ0v) is 16.7. The maximum Gasteiger partial charge on any atom is 0.341 e. The summed E-state index contributed by atoms with van der Waals surface area (Å²) < 4.78 is 40.6. The van der Waals surface area contributed by atoms with Gasteiger partial charge in [-0.2, -0.15) is 5.10 Å². The van der Waals surface area contributed by atoms with E-state index in [-0.39, 0.29) is 16.4 Å². The van der Waals surface area contributed by atoms with Gasteiger partial charge in [-0.15, -0.1) is 0 Å². The number of pyridine rings is 1. The van der Waals surface area contributed by atoms with Gasteiger partial charge in [0.15, 0.2) is 18.2 Å². The van der Waals surface area contributed by atoms with Crippen LogP contribution in [0, 0.1) is 11.6 Å². The van der Waals surface area contributed by atoms with Crippen LogP contribution in [0.3, 0.4) is 0 Å². The molecular formula is C21H14ClF2N3O4. The summed E-state index contributed by atoms with van der Waals surface area (Å²) in [7, 11) is 1.41. The van der Waals surface area contributed by atoms with Gasteiger partial charge in [0.25, 0.3) is 0 Å². The molecule has 0 aliphatic carbocycles. The number of carbonyl (C=O) groups is 1. The molecule has 0 fully saturated rings. The van der Waals surface area contributed by atoms with Crippen LogP contribution in [-0.4, -0.2) is 39.6 Å². The van der Waals surface area contributed by atoms with Crippen LogP contribution >= 0.6 is 11.6 Å². The predicted molar refractivity (Wildman–Crippen MR) is 109 cm³/mol. The molecule has 158 valence electrons. The van der Waals surface area contributed by atoms with Crippen molar-refractivity contribution in [3.8, 4) is 28.6 Å². The summed E-state index contributed by atoms with van der Waals surface area (Å²) in [4.78, 5) is 14.8. The van der Waals surface area contributed by atoms with Crippen molar-refractivity contribution >= 4 is 28.5 Å². The molecule has 2 aromatic heterocycles. The molecule has 2 aromatic carbocycles. The summed E-state index contributed by atoms with van der Waals surface area (Å²) in [5, 5.41) is 13.6. The average Bonchev–Trinajstić information content (AvgIpc) is 3.14. The zero-order chi connectivity index (χ0) is 22.1. The zero-order valence-electron chi connectivity index (χ0n) is 16.0. The molecule has 4 rings (SSSR count). The third-order valence-corrected chi connectivity index (χ3v) is 4.73. The second kappa shape index (κ2) is 8.19. The Morgan fingerprint density at radius 3 is 2.45 bits per heavy atom. The quantitative estimate of drug-likeness (QED) is 0.470. The van der Waals surface area contributed by atoms with Gasteiger partial charge in [-0.25, -0.2) is 23.2 Å². The third kappa shape index (κ3) is 3.75. The highest BCUT2D eigenvalue weighted by Crippen LogP contribution is 2.39. The van der Waals surface area contributed by atoms with Crippen LogP contribution in [0.15, 0.2) is 48.7 Å². The Kier molecular flexibility index (Phi) is 5.43. The van der Waals surface area contributed by atoms with E-state index in [1.807, 2.05) is 0 Å². The van der Waals surface area contributed by atoms with Gasteiger partial charge in [-0.3, -0.25) is 0 Å². The highest BCUT2D eigenvalue weighted by Gasteiger charge is 2.24. The number of carboxylic acids is 1. The Hall–Kier alpha value is -3.72. The molecule has 31 heavy (non-hydrogen) atoms. The van der Waals surface area contributed by atoms with Crippen molar-refractivity contribution in [3.05, 3.63) is 65.3 Å². The highest BCUT2D eigenvalue weighted by molar-refractivity contribution is 6.35. The van der Waals surface area contributed by atoms with Gasteiger partial charge in [0.1, 0.15) is 22.6 Å².